The van der Waals surface area contributed by atoms with Crippen LogP contribution < -0.4 is 0 Å². The lowest BCUT2D eigenvalue weighted by atomic mass is 9.97. The number of carbonyl (C=O) groups excluding carboxylic acids is 1. The van der Waals surface area contributed by atoms with Gasteiger partial charge < -0.3 is 0 Å². The van der Waals surface area contributed by atoms with Crippen molar-refractivity contribution in [3.63, 3.8) is 0 Å². The van der Waals surface area contributed by atoms with E-state index in [9.17, 15) is 4.79 Å². The second-order valence-corrected chi connectivity index (χ2v) is 5.26. The van der Waals surface area contributed by atoms with Crippen molar-refractivity contribution in [2.75, 3.05) is 0 Å². The predicted molar refractivity (Wildman–Crippen MR) is 78.1 cm³/mol. The summed E-state index contributed by atoms with van der Waals surface area (Å²) in [6.45, 7) is 4.05. The lowest BCUT2D eigenvalue weighted by molar-refractivity contribution is 0.103. The van der Waals surface area contributed by atoms with Crippen molar-refractivity contribution >= 4 is 21.7 Å². The van der Waals surface area contributed by atoms with Gasteiger partial charge in [-0.1, -0.05) is 47.1 Å². The van der Waals surface area contributed by atoms with E-state index in [1.807, 2.05) is 49.4 Å². The number of carbonyl (C=O) groups is 1. The van der Waals surface area contributed by atoms with E-state index < -0.39 is 0 Å². The summed E-state index contributed by atoms with van der Waals surface area (Å²) in [6, 6.07) is 13.6. The summed E-state index contributed by atoms with van der Waals surface area (Å²) in [6.07, 6.45) is 0.943. The maximum absolute atomic E-state index is 12.5. The number of benzene rings is 2. The fourth-order valence-electron chi connectivity index (χ4n) is 1.93. The SMILES string of the molecule is CCc1cccc(C(=O)c2cc(Br)ccc2C)c1. The van der Waals surface area contributed by atoms with Gasteiger partial charge in [0, 0.05) is 15.6 Å². The number of hydrogen-bond acceptors (Lipinski definition) is 1. The van der Waals surface area contributed by atoms with Gasteiger partial charge in [0.25, 0.3) is 0 Å². The Morgan fingerprint density at radius 3 is 2.67 bits per heavy atom. The molecule has 0 unspecified atom stereocenters. The fraction of sp³-hybridized carbons (Fsp3) is 0.188. The summed E-state index contributed by atoms with van der Waals surface area (Å²) in [5.74, 6) is 0.0871. The van der Waals surface area contributed by atoms with Crippen molar-refractivity contribution in [2.24, 2.45) is 0 Å². The Kier molecular flexibility index (Phi) is 3.97. The van der Waals surface area contributed by atoms with Crippen LogP contribution in [-0.2, 0) is 6.42 Å². The number of halogens is 1. The minimum Gasteiger partial charge on any atom is -0.289 e. The normalized spacial score (nSPS) is 10.4. The molecule has 0 amide bonds. The number of rotatable bonds is 3. The van der Waals surface area contributed by atoms with Gasteiger partial charge >= 0.3 is 0 Å². The van der Waals surface area contributed by atoms with Crippen LogP contribution in [0.5, 0.6) is 0 Å². The van der Waals surface area contributed by atoms with Gasteiger partial charge in [-0.15, -0.1) is 0 Å². The van der Waals surface area contributed by atoms with Gasteiger partial charge in [-0.05, 0) is 42.7 Å². The molecule has 0 aliphatic heterocycles. The molecule has 0 heterocycles. The average molecular weight is 303 g/mol. The van der Waals surface area contributed by atoms with Crippen LogP contribution in [0, 0.1) is 6.92 Å². The van der Waals surface area contributed by atoms with E-state index in [-0.39, 0.29) is 5.78 Å². The number of hydrogen-bond donors (Lipinski definition) is 0. The molecule has 0 aliphatic rings. The summed E-state index contributed by atoms with van der Waals surface area (Å²) in [7, 11) is 0. The van der Waals surface area contributed by atoms with E-state index in [4.69, 9.17) is 0 Å². The Morgan fingerprint density at radius 1 is 1.17 bits per heavy atom. The number of ketones is 1. The van der Waals surface area contributed by atoms with Gasteiger partial charge in [0.15, 0.2) is 5.78 Å². The second kappa shape index (κ2) is 5.49. The van der Waals surface area contributed by atoms with E-state index in [0.29, 0.717) is 0 Å². The van der Waals surface area contributed by atoms with Crippen molar-refractivity contribution in [1.29, 1.82) is 0 Å². The van der Waals surface area contributed by atoms with E-state index >= 15 is 0 Å². The van der Waals surface area contributed by atoms with Crippen molar-refractivity contribution in [1.82, 2.24) is 0 Å². The Morgan fingerprint density at radius 2 is 1.94 bits per heavy atom. The Hall–Kier alpha value is -1.41. The molecule has 0 spiro atoms. The van der Waals surface area contributed by atoms with Crippen LogP contribution in [0.4, 0.5) is 0 Å². The first-order chi connectivity index (χ1) is 8.61. The topological polar surface area (TPSA) is 17.1 Å². The number of aryl methyl sites for hydroxylation is 2. The highest BCUT2D eigenvalue weighted by atomic mass is 79.9. The van der Waals surface area contributed by atoms with Gasteiger partial charge in [0.1, 0.15) is 0 Å². The quantitative estimate of drug-likeness (QED) is 0.760. The molecular weight excluding hydrogens is 288 g/mol. The lowest BCUT2D eigenvalue weighted by Crippen LogP contribution is -2.04. The van der Waals surface area contributed by atoms with Crippen molar-refractivity contribution < 1.29 is 4.79 Å². The molecule has 0 aromatic heterocycles. The summed E-state index contributed by atoms with van der Waals surface area (Å²) >= 11 is 3.41. The molecular formula is C16H15BrO. The molecule has 0 saturated heterocycles. The minimum absolute atomic E-state index is 0.0871. The molecule has 92 valence electrons. The van der Waals surface area contributed by atoms with E-state index in [1.54, 1.807) is 0 Å². The monoisotopic (exact) mass is 302 g/mol. The minimum atomic E-state index is 0.0871. The van der Waals surface area contributed by atoms with Crippen molar-refractivity contribution in [3.05, 3.63) is 69.2 Å². The highest BCUT2D eigenvalue weighted by Crippen LogP contribution is 2.20. The van der Waals surface area contributed by atoms with Crippen LogP contribution in [0.3, 0.4) is 0 Å². The standard InChI is InChI=1S/C16H15BrO/c1-3-12-5-4-6-13(9-12)16(18)15-10-14(17)8-7-11(15)2/h4-10H,3H2,1-2H3. The molecule has 0 atom stereocenters. The Labute approximate surface area is 116 Å². The Balaban J connectivity index is 2.44. The molecule has 2 aromatic carbocycles. The summed E-state index contributed by atoms with van der Waals surface area (Å²) in [5.41, 5.74) is 3.71. The molecule has 0 fully saturated rings. The zero-order chi connectivity index (χ0) is 13.1. The van der Waals surface area contributed by atoms with Crippen molar-refractivity contribution in [2.45, 2.75) is 20.3 Å². The first-order valence-electron chi connectivity index (χ1n) is 6.01. The first-order valence-corrected chi connectivity index (χ1v) is 6.81. The molecule has 18 heavy (non-hydrogen) atoms. The van der Waals surface area contributed by atoms with Crippen LogP contribution in [0.1, 0.15) is 34.0 Å². The van der Waals surface area contributed by atoms with Gasteiger partial charge in [-0.3, -0.25) is 4.79 Å². The van der Waals surface area contributed by atoms with Crippen LogP contribution in [0.2, 0.25) is 0 Å². The van der Waals surface area contributed by atoms with Crippen LogP contribution in [0.25, 0.3) is 0 Å². The van der Waals surface area contributed by atoms with E-state index in [2.05, 4.69) is 22.9 Å². The van der Waals surface area contributed by atoms with Crippen molar-refractivity contribution in [3.8, 4) is 0 Å². The van der Waals surface area contributed by atoms with Gasteiger partial charge in [0.2, 0.25) is 0 Å². The molecule has 0 aliphatic carbocycles. The second-order valence-electron chi connectivity index (χ2n) is 4.34. The molecule has 0 N–H and O–H groups in total. The third kappa shape index (κ3) is 2.70. The van der Waals surface area contributed by atoms with E-state index in [0.717, 1.165) is 27.6 Å². The third-order valence-corrected chi connectivity index (χ3v) is 3.53. The highest BCUT2D eigenvalue weighted by molar-refractivity contribution is 9.10. The lowest BCUT2D eigenvalue weighted by Gasteiger charge is -2.07. The van der Waals surface area contributed by atoms with Crippen LogP contribution >= 0.6 is 15.9 Å². The molecule has 1 nitrogen and oxygen atoms in total. The highest BCUT2D eigenvalue weighted by Gasteiger charge is 2.12. The van der Waals surface area contributed by atoms with Gasteiger partial charge in [-0.2, -0.15) is 0 Å². The maximum Gasteiger partial charge on any atom is 0.193 e. The fourth-order valence-corrected chi connectivity index (χ4v) is 2.29. The first kappa shape index (κ1) is 13.0. The van der Waals surface area contributed by atoms with E-state index in [1.165, 1.54) is 5.56 Å². The summed E-state index contributed by atoms with van der Waals surface area (Å²) in [5, 5.41) is 0. The predicted octanol–water partition coefficient (Wildman–Crippen LogP) is 4.55. The molecule has 2 rings (SSSR count). The molecule has 0 bridgehead atoms. The zero-order valence-electron chi connectivity index (χ0n) is 10.5. The maximum atomic E-state index is 12.5. The van der Waals surface area contributed by atoms with Gasteiger partial charge in [0.05, 0.1) is 0 Å². The van der Waals surface area contributed by atoms with Crippen LogP contribution in [0.15, 0.2) is 46.9 Å². The summed E-state index contributed by atoms with van der Waals surface area (Å²) < 4.78 is 0.933. The molecule has 2 heteroatoms. The zero-order valence-corrected chi connectivity index (χ0v) is 12.1. The smallest absolute Gasteiger partial charge is 0.193 e. The molecule has 2 aromatic rings. The summed E-state index contributed by atoms with van der Waals surface area (Å²) in [4.78, 5) is 12.5. The molecule has 0 saturated carbocycles. The Bertz CT molecular complexity index is 587. The largest absolute Gasteiger partial charge is 0.289 e. The van der Waals surface area contributed by atoms with Crippen LogP contribution in [-0.4, -0.2) is 5.78 Å². The molecule has 0 radical (unpaired) electrons. The third-order valence-electron chi connectivity index (χ3n) is 3.04. The van der Waals surface area contributed by atoms with Gasteiger partial charge in [-0.25, -0.2) is 0 Å². The average Bonchev–Trinajstić information content (AvgIpc) is 2.41.